The molecule has 0 bridgehead atoms. The van der Waals surface area contributed by atoms with E-state index in [1.54, 1.807) is 0 Å². The second-order valence-electron chi connectivity index (χ2n) is 5.70. The summed E-state index contributed by atoms with van der Waals surface area (Å²) >= 11 is 0. The number of nitrogens with zero attached hydrogens (tertiary/aromatic N) is 2. The third-order valence-corrected chi connectivity index (χ3v) is 4.68. The molecule has 0 amide bonds. The second-order valence-corrected chi connectivity index (χ2v) is 5.70. The zero-order valence-corrected chi connectivity index (χ0v) is 13.1. The van der Waals surface area contributed by atoms with E-state index in [9.17, 15) is 0 Å². The summed E-state index contributed by atoms with van der Waals surface area (Å²) in [7, 11) is 0. The zero-order chi connectivity index (χ0) is 14.4. The molecule has 1 heterocycles. The van der Waals surface area contributed by atoms with Gasteiger partial charge in [-0.2, -0.15) is 0 Å². The molecule has 4 nitrogen and oxygen atoms in total. The van der Waals surface area contributed by atoms with Crippen LogP contribution in [0.4, 0.5) is 0 Å². The maximum atomic E-state index is 5.99. The van der Waals surface area contributed by atoms with Crippen molar-refractivity contribution in [2.24, 2.45) is 0 Å². The summed E-state index contributed by atoms with van der Waals surface area (Å²) in [6.07, 6.45) is 4.67. The Bertz CT molecular complexity index is 294. The monoisotopic (exact) mass is 282 g/mol. The van der Waals surface area contributed by atoms with Crippen molar-refractivity contribution in [1.29, 1.82) is 0 Å². The van der Waals surface area contributed by atoms with E-state index in [0.29, 0.717) is 12.6 Å². The second kappa shape index (κ2) is 8.13. The van der Waals surface area contributed by atoms with Crippen LogP contribution in [0.3, 0.4) is 0 Å². The van der Waals surface area contributed by atoms with Gasteiger partial charge in [0.15, 0.2) is 0 Å². The molecule has 2 rings (SSSR count). The SMILES string of the molecule is C=CCO[C@@H]1CC[C@H]2[C@H]1OCCN2CCN(CC)CC. The molecular weight excluding hydrogens is 252 g/mol. The van der Waals surface area contributed by atoms with E-state index in [1.807, 2.05) is 6.08 Å². The Morgan fingerprint density at radius 3 is 2.85 bits per heavy atom. The lowest BCUT2D eigenvalue weighted by Crippen LogP contribution is -2.53. The fourth-order valence-electron chi connectivity index (χ4n) is 3.45. The van der Waals surface area contributed by atoms with E-state index in [1.165, 1.54) is 6.42 Å². The van der Waals surface area contributed by atoms with Gasteiger partial charge < -0.3 is 14.4 Å². The van der Waals surface area contributed by atoms with Gasteiger partial charge in [0.2, 0.25) is 0 Å². The van der Waals surface area contributed by atoms with Crippen molar-refractivity contribution in [2.75, 3.05) is 45.9 Å². The molecule has 116 valence electrons. The first-order chi connectivity index (χ1) is 9.80. The van der Waals surface area contributed by atoms with Crippen LogP contribution in [0.1, 0.15) is 26.7 Å². The third kappa shape index (κ3) is 3.82. The minimum absolute atomic E-state index is 0.259. The average molecular weight is 282 g/mol. The van der Waals surface area contributed by atoms with Crippen molar-refractivity contribution in [3.05, 3.63) is 12.7 Å². The Hall–Kier alpha value is -0.420. The van der Waals surface area contributed by atoms with Gasteiger partial charge in [-0.25, -0.2) is 0 Å². The van der Waals surface area contributed by atoms with E-state index < -0.39 is 0 Å². The van der Waals surface area contributed by atoms with Crippen molar-refractivity contribution in [1.82, 2.24) is 9.80 Å². The van der Waals surface area contributed by atoms with Crippen LogP contribution in [-0.4, -0.2) is 74.0 Å². The molecule has 0 N–H and O–H groups in total. The van der Waals surface area contributed by atoms with Gasteiger partial charge in [-0.05, 0) is 25.9 Å². The van der Waals surface area contributed by atoms with Gasteiger partial charge in [-0.3, -0.25) is 4.90 Å². The van der Waals surface area contributed by atoms with Crippen LogP contribution < -0.4 is 0 Å². The predicted molar refractivity (Wildman–Crippen MR) is 82.1 cm³/mol. The van der Waals surface area contributed by atoms with Crippen molar-refractivity contribution < 1.29 is 9.47 Å². The maximum Gasteiger partial charge on any atom is 0.0992 e. The fraction of sp³-hybridized carbons (Fsp3) is 0.875. The lowest BCUT2D eigenvalue weighted by atomic mass is 10.1. The molecule has 0 aromatic heterocycles. The predicted octanol–water partition coefficient (Wildman–Crippen LogP) is 1.76. The lowest BCUT2D eigenvalue weighted by Gasteiger charge is -2.39. The molecule has 20 heavy (non-hydrogen) atoms. The summed E-state index contributed by atoms with van der Waals surface area (Å²) in [6.45, 7) is 15.3. The van der Waals surface area contributed by atoms with Crippen LogP contribution in [0.2, 0.25) is 0 Å². The Balaban J connectivity index is 1.84. The molecule has 0 spiro atoms. The van der Waals surface area contributed by atoms with Crippen molar-refractivity contribution >= 4 is 0 Å². The number of rotatable bonds is 8. The first kappa shape index (κ1) is 16.0. The molecule has 1 aliphatic carbocycles. The molecule has 2 aliphatic rings. The number of hydrogen-bond acceptors (Lipinski definition) is 4. The van der Waals surface area contributed by atoms with Crippen LogP contribution in [0.15, 0.2) is 12.7 Å². The molecule has 0 radical (unpaired) electrons. The summed E-state index contributed by atoms with van der Waals surface area (Å²) < 4.78 is 11.8. The first-order valence-electron chi connectivity index (χ1n) is 8.10. The van der Waals surface area contributed by atoms with Crippen LogP contribution in [0, 0.1) is 0 Å². The minimum atomic E-state index is 0.259. The van der Waals surface area contributed by atoms with Gasteiger partial charge in [0, 0.05) is 25.7 Å². The standard InChI is InChI=1S/C16H30N2O2/c1-4-12-19-15-8-7-14-16(15)20-13-11-18(14)10-9-17(5-2)6-3/h4,14-16H,1,5-13H2,2-3H3/t14-,15+,16+/m0/s1. The number of likely N-dealkylation sites (N-methyl/N-ethyl adjacent to an activating group) is 1. The van der Waals surface area contributed by atoms with Crippen molar-refractivity contribution in [3.63, 3.8) is 0 Å². The van der Waals surface area contributed by atoms with Crippen molar-refractivity contribution in [2.45, 2.75) is 44.9 Å². The molecule has 1 saturated carbocycles. The molecule has 2 fully saturated rings. The van der Waals surface area contributed by atoms with Crippen LogP contribution >= 0.6 is 0 Å². The third-order valence-electron chi connectivity index (χ3n) is 4.68. The van der Waals surface area contributed by atoms with Gasteiger partial charge in [0.1, 0.15) is 0 Å². The molecule has 1 aliphatic heterocycles. The van der Waals surface area contributed by atoms with E-state index >= 15 is 0 Å². The van der Waals surface area contributed by atoms with Gasteiger partial charge in [-0.1, -0.05) is 19.9 Å². The molecule has 4 heteroatoms. The summed E-state index contributed by atoms with van der Waals surface area (Å²) in [5.74, 6) is 0. The minimum Gasteiger partial charge on any atom is -0.373 e. The zero-order valence-electron chi connectivity index (χ0n) is 13.1. The fourth-order valence-corrected chi connectivity index (χ4v) is 3.45. The molecule has 0 aromatic carbocycles. The van der Waals surface area contributed by atoms with Gasteiger partial charge >= 0.3 is 0 Å². The van der Waals surface area contributed by atoms with E-state index in [0.717, 1.165) is 45.8 Å². The molecular formula is C16H30N2O2. The first-order valence-corrected chi connectivity index (χ1v) is 8.10. The van der Waals surface area contributed by atoms with E-state index in [4.69, 9.17) is 9.47 Å². The highest BCUT2D eigenvalue weighted by atomic mass is 16.5. The Morgan fingerprint density at radius 2 is 2.15 bits per heavy atom. The number of hydrogen-bond donors (Lipinski definition) is 0. The number of ether oxygens (including phenoxy) is 2. The Kier molecular flexibility index (Phi) is 6.49. The summed E-state index contributed by atoms with van der Waals surface area (Å²) in [5, 5.41) is 0. The van der Waals surface area contributed by atoms with E-state index in [-0.39, 0.29) is 12.2 Å². The Labute approximate surface area is 123 Å². The maximum absolute atomic E-state index is 5.99. The summed E-state index contributed by atoms with van der Waals surface area (Å²) in [5.41, 5.74) is 0. The number of fused-ring (bicyclic) bond motifs is 1. The van der Waals surface area contributed by atoms with Gasteiger partial charge in [0.05, 0.1) is 25.4 Å². The lowest BCUT2D eigenvalue weighted by molar-refractivity contribution is -0.110. The largest absolute Gasteiger partial charge is 0.373 e. The summed E-state index contributed by atoms with van der Waals surface area (Å²) in [6, 6.07) is 0.550. The molecule has 0 aromatic rings. The quantitative estimate of drug-likeness (QED) is 0.633. The highest BCUT2D eigenvalue weighted by Gasteiger charge is 2.42. The van der Waals surface area contributed by atoms with Crippen LogP contribution in [-0.2, 0) is 9.47 Å². The average Bonchev–Trinajstić information content (AvgIpc) is 2.90. The molecule has 0 unspecified atom stereocenters. The highest BCUT2D eigenvalue weighted by molar-refractivity contribution is 4.96. The van der Waals surface area contributed by atoms with Crippen LogP contribution in [0.25, 0.3) is 0 Å². The van der Waals surface area contributed by atoms with Crippen LogP contribution in [0.5, 0.6) is 0 Å². The van der Waals surface area contributed by atoms with Crippen molar-refractivity contribution in [3.8, 4) is 0 Å². The summed E-state index contributed by atoms with van der Waals surface area (Å²) in [4.78, 5) is 5.11. The van der Waals surface area contributed by atoms with Gasteiger partial charge in [0.25, 0.3) is 0 Å². The van der Waals surface area contributed by atoms with Gasteiger partial charge in [-0.15, -0.1) is 6.58 Å². The number of morpholine rings is 1. The Morgan fingerprint density at radius 1 is 1.35 bits per heavy atom. The van der Waals surface area contributed by atoms with E-state index in [2.05, 4.69) is 30.2 Å². The molecule has 1 saturated heterocycles. The normalized spacial score (nSPS) is 30.6. The smallest absolute Gasteiger partial charge is 0.0992 e. The molecule has 3 atom stereocenters. The highest BCUT2D eigenvalue weighted by Crippen LogP contribution is 2.31. The topological polar surface area (TPSA) is 24.9 Å².